The Balaban J connectivity index is 1.66. The molecule has 0 saturated carbocycles. The SMILES string of the molecule is CC(=O)NCCc1nc2ccccc2n1CCCOc1cccc(C)c1C. The van der Waals surface area contributed by atoms with Crippen LogP contribution in [0, 0.1) is 13.8 Å². The van der Waals surface area contributed by atoms with E-state index in [9.17, 15) is 4.79 Å². The Kier molecular flexibility index (Phi) is 6.12. The number of aryl methyl sites for hydroxylation is 2. The third-order valence-electron chi connectivity index (χ3n) is 4.79. The van der Waals surface area contributed by atoms with Crippen LogP contribution in [-0.2, 0) is 17.8 Å². The van der Waals surface area contributed by atoms with Gasteiger partial charge in [-0.2, -0.15) is 0 Å². The third-order valence-corrected chi connectivity index (χ3v) is 4.79. The van der Waals surface area contributed by atoms with Crippen LogP contribution in [0.3, 0.4) is 0 Å². The van der Waals surface area contributed by atoms with E-state index in [-0.39, 0.29) is 5.91 Å². The summed E-state index contributed by atoms with van der Waals surface area (Å²) in [6.07, 6.45) is 1.60. The van der Waals surface area contributed by atoms with E-state index in [0.29, 0.717) is 19.6 Å². The third kappa shape index (κ3) is 4.67. The van der Waals surface area contributed by atoms with Gasteiger partial charge in [0.2, 0.25) is 5.91 Å². The summed E-state index contributed by atoms with van der Waals surface area (Å²) in [7, 11) is 0. The second-order valence-electron chi connectivity index (χ2n) is 6.80. The molecular formula is C22H27N3O2. The predicted molar refractivity (Wildman–Crippen MR) is 108 cm³/mol. The van der Waals surface area contributed by atoms with Crippen molar-refractivity contribution in [3.05, 3.63) is 59.4 Å². The Hall–Kier alpha value is -2.82. The van der Waals surface area contributed by atoms with Crippen LogP contribution < -0.4 is 10.1 Å². The van der Waals surface area contributed by atoms with Crippen LogP contribution in [0.15, 0.2) is 42.5 Å². The number of para-hydroxylation sites is 2. The highest BCUT2D eigenvalue weighted by Gasteiger charge is 2.10. The lowest BCUT2D eigenvalue weighted by Gasteiger charge is -2.12. The number of hydrogen-bond acceptors (Lipinski definition) is 3. The summed E-state index contributed by atoms with van der Waals surface area (Å²) in [5.74, 6) is 1.94. The van der Waals surface area contributed by atoms with Crippen molar-refractivity contribution in [2.75, 3.05) is 13.2 Å². The second-order valence-corrected chi connectivity index (χ2v) is 6.80. The summed E-state index contributed by atoms with van der Waals surface area (Å²) in [6, 6.07) is 14.3. The molecule has 0 saturated heterocycles. The molecule has 0 aliphatic heterocycles. The van der Waals surface area contributed by atoms with Crippen molar-refractivity contribution in [3.8, 4) is 5.75 Å². The minimum absolute atomic E-state index is 0.0143. The van der Waals surface area contributed by atoms with Crippen molar-refractivity contribution < 1.29 is 9.53 Å². The van der Waals surface area contributed by atoms with Crippen LogP contribution in [0.5, 0.6) is 5.75 Å². The van der Waals surface area contributed by atoms with Crippen LogP contribution in [0.4, 0.5) is 0 Å². The molecule has 142 valence electrons. The van der Waals surface area contributed by atoms with Crippen molar-refractivity contribution in [2.45, 2.75) is 40.2 Å². The minimum atomic E-state index is -0.0143. The number of amides is 1. The normalized spacial score (nSPS) is 10.9. The van der Waals surface area contributed by atoms with Gasteiger partial charge in [0.15, 0.2) is 0 Å². The molecule has 0 atom stereocenters. The number of aromatic nitrogens is 2. The molecule has 1 amide bonds. The van der Waals surface area contributed by atoms with Crippen LogP contribution >= 0.6 is 0 Å². The number of benzene rings is 2. The Morgan fingerprint density at radius 3 is 2.78 bits per heavy atom. The smallest absolute Gasteiger partial charge is 0.216 e. The molecule has 5 heteroatoms. The molecule has 1 aromatic heterocycles. The molecule has 3 aromatic rings. The van der Waals surface area contributed by atoms with Gasteiger partial charge in [-0.1, -0.05) is 24.3 Å². The van der Waals surface area contributed by atoms with Crippen LogP contribution in [0.25, 0.3) is 11.0 Å². The Morgan fingerprint density at radius 1 is 1.15 bits per heavy atom. The van der Waals surface area contributed by atoms with Gasteiger partial charge in [0.05, 0.1) is 17.6 Å². The molecule has 2 aromatic carbocycles. The molecule has 0 bridgehead atoms. The first-order valence-corrected chi connectivity index (χ1v) is 9.44. The zero-order valence-corrected chi connectivity index (χ0v) is 16.3. The Bertz CT molecular complexity index is 930. The molecule has 1 heterocycles. The summed E-state index contributed by atoms with van der Waals surface area (Å²) in [6.45, 7) is 7.81. The molecule has 1 N–H and O–H groups in total. The van der Waals surface area contributed by atoms with Gasteiger partial charge in [-0.25, -0.2) is 4.98 Å². The van der Waals surface area contributed by atoms with Crippen LogP contribution in [0.2, 0.25) is 0 Å². The molecule has 0 spiro atoms. The summed E-state index contributed by atoms with van der Waals surface area (Å²) in [5.41, 5.74) is 4.56. The largest absolute Gasteiger partial charge is 0.493 e. The maximum Gasteiger partial charge on any atom is 0.216 e. The summed E-state index contributed by atoms with van der Waals surface area (Å²) in [4.78, 5) is 15.9. The first-order valence-electron chi connectivity index (χ1n) is 9.44. The van der Waals surface area contributed by atoms with E-state index >= 15 is 0 Å². The van der Waals surface area contributed by atoms with Gasteiger partial charge in [-0.3, -0.25) is 4.79 Å². The van der Waals surface area contributed by atoms with E-state index in [0.717, 1.165) is 35.6 Å². The number of carbonyl (C=O) groups excluding carboxylic acids is 1. The molecular weight excluding hydrogens is 338 g/mol. The number of nitrogens with zero attached hydrogens (tertiary/aromatic N) is 2. The number of hydrogen-bond donors (Lipinski definition) is 1. The van der Waals surface area contributed by atoms with E-state index in [1.165, 1.54) is 18.1 Å². The van der Waals surface area contributed by atoms with Gasteiger partial charge in [0, 0.05) is 26.4 Å². The molecule has 0 radical (unpaired) electrons. The topological polar surface area (TPSA) is 56.2 Å². The first kappa shape index (κ1) is 19.0. The van der Waals surface area contributed by atoms with Gasteiger partial charge in [0.1, 0.15) is 11.6 Å². The molecule has 5 nitrogen and oxygen atoms in total. The Morgan fingerprint density at radius 2 is 1.96 bits per heavy atom. The zero-order valence-electron chi connectivity index (χ0n) is 16.3. The fraction of sp³-hybridized carbons (Fsp3) is 0.364. The fourth-order valence-electron chi connectivity index (χ4n) is 3.20. The van der Waals surface area contributed by atoms with Crippen molar-refractivity contribution >= 4 is 16.9 Å². The average Bonchev–Trinajstić information content (AvgIpc) is 2.99. The van der Waals surface area contributed by atoms with E-state index in [1.807, 2.05) is 30.3 Å². The molecule has 0 unspecified atom stereocenters. The van der Waals surface area contributed by atoms with Crippen molar-refractivity contribution in [3.63, 3.8) is 0 Å². The number of carbonyl (C=O) groups is 1. The lowest BCUT2D eigenvalue weighted by Crippen LogP contribution is -2.23. The van der Waals surface area contributed by atoms with Crippen molar-refractivity contribution in [1.82, 2.24) is 14.9 Å². The quantitative estimate of drug-likeness (QED) is 0.618. The van der Waals surface area contributed by atoms with Gasteiger partial charge in [0.25, 0.3) is 0 Å². The lowest BCUT2D eigenvalue weighted by atomic mass is 10.1. The van der Waals surface area contributed by atoms with E-state index in [1.54, 1.807) is 0 Å². The molecule has 27 heavy (non-hydrogen) atoms. The number of rotatable bonds is 8. The Labute approximate surface area is 160 Å². The molecule has 0 aliphatic carbocycles. The van der Waals surface area contributed by atoms with Crippen LogP contribution in [-0.4, -0.2) is 28.6 Å². The summed E-state index contributed by atoms with van der Waals surface area (Å²) >= 11 is 0. The van der Waals surface area contributed by atoms with Crippen LogP contribution in [0.1, 0.15) is 30.3 Å². The lowest BCUT2D eigenvalue weighted by molar-refractivity contribution is -0.118. The molecule has 0 aliphatic rings. The van der Waals surface area contributed by atoms with Gasteiger partial charge in [-0.15, -0.1) is 0 Å². The fourth-order valence-corrected chi connectivity index (χ4v) is 3.20. The monoisotopic (exact) mass is 365 g/mol. The van der Waals surface area contributed by atoms with Gasteiger partial charge < -0.3 is 14.6 Å². The highest BCUT2D eigenvalue weighted by Crippen LogP contribution is 2.21. The highest BCUT2D eigenvalue weighted by atomic mass is 16.5. The standard InChI is InChI=1S/C22H27N3O2/c1-16-8-6-11-21(17(16)2)27-15-7-14-25-20-10-5-4-9-19(20)24-22(25)12-13-23-18(3)26/h4-6,8-11H,7,12-15H2,1-3H3,(H,23,26). The number of ether oxygens (including phenoxy) is 1. The zero-order chi connectivity index (χ0) is 19.2. The van der Waals surface area contributed by atoms with Crippen molar-refractivity contribution in [1.29, 1.82) is 0 Å². The molecule has 0 fully saturated rings. The second kappa shape index (κ2) is 8.71. The predicted octanol–water partition coefficient (Wildman–Crippen LogP) is 3.80. The van der Waals surface area contributed by atoms with E-state index in [4.69, 9.17) is 9.72 Å². The van der Waals surface area contributed by atoms with Gasteiger partial charge in [-0.05, 0) is 49.6 Å². The number of nitrogens with one attached hydrogen (secondary N) is 1. The first-order chi connectivity index (χ1) is 13.1. The maximum absolute atomic E-state index is 11.1. The van der Waals surface area contributed by atoms with Crippen molar-refractivity contribution in [2.24, 2.45) is 0 Å². The highest BCUT2D eigenvalue weighted by molar-refractivity contribution is 5.76. The molecule has 3 rings (SSSR count). The maximum atomic E-state index is 11.1. The van der Waals surface area contributed by atoms with E-state index in [2.05, 4.69) is 35.9 Å². The summed E-state index contributed by atoms with van der Waals surface area (Å²) < 4.78 is 8.23. The van der Waals surface area contributed by atoms with Gasteiger partial charge >= 0.3 is 0 Å². The van der Waals surface area contributed by atoms with E-state index < -0.39 is 0 Å². The average molecular weight is 365 g/mol. The summed E-state index contributed by atoms with van der Waals surface area (Å²) in [5, 5.41) is 2.85. The minimum Gasteiger partial charge on any atom is -0.493 e. The number of fused-ring (bicyclic) bond motifs is 1. The number of imidazole rings is 1.